The lowest BCUT2D eigenvalue weighted by molar-refractivity contribution is -0.119. The summed E-state index contributed by atoms with van der Waals surface area (Å²) in [7, 11) is 0. The Kier molecular flexibility index (Phi) is 5.78. The lowest BCUT2D eigenvalue weighted by atomic mass is 10.3. The number of nitrogens with two attached hydrogens (primary N) is 2. The molecule has 0 saturated carbocycles. The average molecular weight is 160 g/mol. The van der Waals surface area contributed by atoms with E-state index < -0.39 is 0 Å². The van der Waals surface area contributed by atoms with Gasteiger partial charge in [-0.05, 0) is 6.42 Å². The number of hydrogen-bond acceptors (Lipinski definition) is 3. The van der Waals surface area contributed by atoms with E-state index in [0.717, 1.165) is 6.42 Å². The van der Waals surface area contributed by atoms with Crippen molar-refractivity contribution in [2.45, 2.75) is 25.8 Å². The molecule has 1 amide bonds. The molecule has 0 aliphatic carbocycles. The molecule has 1 unspecified atom stereocenters. The maximum absolute atomic E-state index is 10.2. The minimum absolute atomic E-state index is 0.0721. The smallest absolute Gasteiger partial charge is 0.219 e. The second-order valence-electron chi connectivity index (χ2n) is 2.46. The van der Waals surface area contributed by atoms with E-state index in [9.17, 15) is 4.79 Å². The predicted octanol–water partition coefficient (Wildman–Crippen LogP) is -0.384. The molecule has 0 rings (SSSR count). The van der Waals surface area contributed by atoms with Crippen LogP contribution in [0.2, 0.25) is 0 Å². The van der Waals surface area contributed by atoms with E-state index in [2.05, 4.69) is 0 Å². The summed E-state index contributed by atoms with van der Waals surface area (Å²) in [5.41, 5.74) is 10.4. The van der Waals surface area contributed by atoms with Crippen molar-refractivity contribution < 1.29 is 9.53 Å². The van der Waals surface area contributed by atoms with Gasteiger partial charge in [-0.2, -0.15) is 0 Å². The predicted molar refractivity (Wildman–Crippen MR) is 42.9 cm³/mol. The van der Waals surface area contributed by atoms with Crippen LogP contribution in [0.4, 0.5) is 0 Å². The van der Waals surface area contributed by atoms with Crippen LogP contribution in [0.5, 0.6) is 0 Å². The van der Waals surface area contributed by atoms with E-state index in [-0.39, 0.29) is 18.4 Å². The Morgan fingerprint density at radius 1 is 1.64 bits per heavy atom. The molecule has 66 valence electrons. The van der Waals surface area contributed by atoms with Crippen molar-refractivity contribution in [2.24, 2.45) is 11.5 Å². The van der Waals surface area contributed by atoms with Crippen LogP contribution in [-0.2, 0) is 9.53 Å². The molecule has 0 radical (unpaired) electrons. The van der Waals surface area contributed by atoms with Gasteiger partial charge in [-0.15, -0.1) is 0 Å². The number of carbonyl (C=O) groups excluding carboxylic acids is 1. The first-order valence-electron chi connectivity index (χ1n) is 3.78. The third kappa shape index (κ3) is 7.29. The van der Waals surface area contributed by atoms with Crippen LogP contribution in [0.1, 0.15) is 19.8 Å². The molecule has 0 saturated heterocycles. The zero-order chi connectivity index (χ0) is 8.69. The third-order valence-electron chi connectivity index (χ3n) is 1.35. The Morgan fingerprint density at radius 2 is 2.27 bits per heavy atom. The Balaban J connectivity index is 3.08. The highest BCUT2D eigenvalue weighted by Crippen LogP contribution is 1.88. The van der Waals surface area contributed by atoms with Crippen molar-refractivity contribution >= 4 is 5.91 Å². The van der Waals surface area contributed by atoms with Crippen LogP contribution in [0.25, 0.3) is 0 Å². The summed E-state index contributed by atoms with van der Waals surface area (Å²) in [4.78, 5) is 10.2. The highest BCUT2D eigenvalue weighted by molar-refractivity contribution is 5.73. The monoisotopic (exact) mass is 160 g/mol. The average Bonchev–Trinajstić information content (AvgIpc) is 1.97. The van der Waals surface area contributed by atoms with Crippen molar-refractivity contribution in [3.8, 4) is 0 Å². The van der Waals surface area contributed by atoms with Gasteiger partial charge in [0.1, 0.15) is 0 Å². The summed E-state index contributed by atoms with van der Waals surface area (Å²) in [6.45, 7) is 2.87. The van der Waals surface area contributed by atoms with Crippen LogP contribution in [0.3, 0.4) is 0 Å². The summed E-state index contributed by atoms with van der Waals surface area (Å²) < 4.78 is 5.07. The van der Waals surface area contributed by atoms with Gasteiger partial charge >= 0.3 is 0 Å². The SMILES string of the molecule is CCC(N)COCCC(N)=O. The van der Waals surface area contributed by atoms with Gasteiger partial charge in [0.15, 0.2) is 0 Å². The highest BCUT2D eigenvalue weighted by atomic mass is 16.5. The summed E-state index contributed by atoms with van der Waals surface area (Å²) in [5.74, 6) is -0.338. The van der Waals surface area contributed by atoms with Crippen molar-refractivity contribution in [1.29, 1.82) is 0 Å². The zero-order valence-corrected chi connectivity index (χ0v) is 6.88. The molecule has 0 aromatic carbocycles. The normalized spacial score (nSPS) is 12.9. The van der Waals surface area contributed by atoms with Crippen LogP contribution in [-0.4, -0.2) is 25.2 Å². The first kappa shape index (κ1) is 10.4. The van der Waals surface area contributed by atoms with Gasteiger partial charge in [-0.1, -0.05) is 6.92 Å². The van der Waals surface area contributed by atoms with Crippen molar-refractivity contribution in [3.63, 3.8) is 0 Å². The van der Waals surface area contributed by atoms with Gasteiger partial charge in [0.05, 0.1) is 13.2 Å². The molecule has 0 aromatic heterocycles. The Bertz CT molecular complexity index is 117. The molecule has 0 aliphatic heterocycles. The third-order valence-corrected chi connectivity index (χ3v) is 1.35. The zero-order valence-electron chi connectivity index (χ0n) is 6.88. The van der Waals surface area contributed by atoms with E-state index in [4.69, 9.17) is 16.2 Å². The molecule has 0 fully saturated rings. The second kappa shape index (κ2) is 6.12. The molecule has 0 heterocycles. The summed E-state index contributed by atoms with van der Waals surface area (Å²) in [6, 6.07) is 0.0721. The van der Waals surface area contributed by atoms with Crippen molar-refractivity contribution in [2.75, 3.05) is 13.2 Å². The molecular formula is C7H16N2O2. The van der Waals surface area contributed by atoms with Crippen molar-refractivity contribution in [1.82, 2.24) is 0 Å². The molecule has 0 aromatic rings. The van der Waals surface area contributed by atoms with Crippen LogP contribution in [0.15, 0.2) is 0 Å². The van der Waals surface area contributed by atoms with Crippen LogP contribution < -0.4 is 11.5 Å². The standard InChI is InChI=1S/C7H16N2O2/c1-2-6(8)5-11-4-3-7(9)10/h6H,2-5,8H2,1H3,(H2,9,10). The summed E-state index contributed by atoms with van der Waals surface area (Å²) in [6.07, 6.45) is 1.16. The molecule has 4 nitrogen and oxygen atoms in total. The number of hydrogen-bond donors (Lipinski definition) is 2. The summed E-state index contributed by atoms with van der Waals surface area (Å²) >= 11 is 0. The largest absolute Gasteiger partial charge is 0.379 e. The van der Waals surface area contributed by atoms with E-state index in [1.54, 1.807) is 0 Å². The maximum atomic E-state index is 10.2. The fourth-order valence-corrected chi connectivity index (χ4v) is 0.525. The molecule has 11 heavy (non-hydrogen) atoms. The topological polar surface area (TPSA) is 78.3 Å². The summed E-state index contributed by atoms with van der Waals surface area (Å²) in [5, 5.41) is 0. The lowest BCUT2D eigenvalue weighted by Gasteiger charge is -2.07. The van der Waals surface area contributed by atoms with Gasteiger partial charge in [0.25, 0.3) is 0 Å². The number of amides is 1. The number of primary amides is 1. The van der Waals surface area contributed by atoms with Crippen LogP contribution >= 0.6 is 0 Å². The molecular weight excluding hydrogens is 144 g/mol. The fourth-order valence-electron chi connectivity index (χ4n) is 0.525. The highest BCUT2D eigenvalue weighted by Gasteiger charge is 1.99. The molecule has 4 heteroatoms. The number of ether oxygens (including phenoxy) is 1. The van der Waals surface area contributed by atoms with E-state index in [1.807, 2.05) is 6.92 Å². The second-order valence-corrected chi connectivity index (χ2v) is 2.46. The van der Waals surface area contributed by atoms with Gasteiger partial charge in [0, 0.05) is 12.5 Å². The molecule has 0 spiro atoms. The first-order chi connectivity index (χ1) is 5.16. The minimum atomic E-state index is -0.338. The fraction of sp³-hybridized carbons (Fsp3) is 0.857. The van der Waals surface area contributed by atoms with E-state index in [1.165, 1.54) is 0 Å². The Labute approximate surface area is 66.9 Å². The Hall–Kier alpha value is -0.610. The van der Waals surface area contributed by atoms with Gasteiger partial charge in [-0.3, -0.25) is 4.79 Å². The van der Waals surface area contributed by atoms with Gasteiger partial charge in [0.2, 0.25) is 5.91 Å². The van der Waals surface area contributed by atoms with Gasteiger partial charge in [-0.25, -0.2) is 0 Å². The number of rotatable bonds is 6. The van der Waals surface area contributed by atoms with Crippen molar-refractivity contribution in [3.05, 3.63) is 0 Å². The number of carbonyl (C=O) groups is 1. The minimum Gasteiger partial charge on any atom is -0.379 e. The van der Waals surface area contributed by atoms with Crippen LogP contribution in [0, 0.1) is 0 Å². The van der Waals surface area contributed by atoms with E-state index >= 15 is 0 Å². The molecule has 4 N–H and O–H groups in total. The quantitative estimate of drug-likeness (QED) is 0.520. The molecule has 1 atom stereocenters. The molecule has 0 bridgehead atoms. The van der Waals surface area contributed by atoms with E-state index in [0.29, 0.717) is 13.2 Å². The first-order valence-corrected chi connectivity index (χ1v) is 3.78. The maximum Gasteiger partial charge on any atom is 0.219 e. The lowest BCUT2D eigenvalue weighted by Crippen LogP contribution is -2.26. The molecule has 0 aliphatic rings. The Morgan fingerprint density at radius 3 is 2.73 bits per heavy atom. The van der Waals surface area contributed by atoms with Gasteiger partial charge < -0.3 is 16.2 Å².